The number of ether oxygens (including phenoxy) is 1. The lowest BCUT2D eigenvalue weighted by molar-refractivity contribution is -0.394. The lowest BCUT2D eigenvalue weighted by Crippen LogP contribution is -2.38. The van der Waals surface area contributed by atoms with Crippen LogP contribution in [0, 0.1) is 20.2 Å². The molecule has 0 bridgehead atoms. The summed E-state index contributed by atoms with van der Waals surface area (Å²) in [6.45, 7) is 1.56. The van der Waals surface area contributed by atoms with Crippen LogP contribution in [0.4, 0.5) is 35.9 Å². The second-order valence-corrected chi connectivity index (χ2v) is 7.40. The molecule has 1 saturated heterocycles. The third kappa shape index (κ3) is 5.93. The molecule has 180 valence electrons. The summed E-state index contributed by atoms with van der Waals surface area (Å²) >= 11 is 5.04. The number of carbonyl (C=O) groups is 1. The lowest BCUT2D eigenvalue weighted by Gasteiger charge is -2.31. The summed E-state index contributed by atoms with van der Waals surface area (Å²) in [5.74, 6) is -1.02. The van der Waals surface area contributed by atoms with Crippen LogP contribution in [-0.2, 0) is 10.9 Å². The highest BCUT2D eigenvalue weighted by Crippen LogP contribution is 2.35. The van der Waals surface area contributed by atoms with E-state index in [1.165, 1.54) is 6.07 Å². The van der Waals surface area contributed by atoms with Gasteiger partial charge in [0, 0.05) is 25.2 Å². The van der Waals surface area contributed by atoms with Crippen LogP contribution in [0.2, 0.25) is 0 Å². The van der Waals surface area contributed by atoms with Gasteiger partial charge in [0.25, 0.3) is 17.3 Å². The average Bonchev–Trinajstić information content (AvgIpc) is 2.78. The number of benzene rings is 2. The van der Waals surface area contributed by atoms with Gasteiger partial charge in [-0.25, -0.2) is 0 Å². The van der Waals surface area contributed by atoms with E-state index < -0.39 is 49.5 Å². The predicted octanol–water partition coefficient (Wildman–Crippen LogP) is 3.49. The number of alkyl halides is 3. The Balaban J connectivity index is 1.85. The van der Waals surface area contributed by atoms with Gasteiger partial charge in [-0.1, -0.05) is 0 Å². The fourth-order valence-electron chi connectivity index (χ4n) is 3.16. The van der Waals surface area contributed by atoms with E-state index in [-0.39, 0.29) is 5.69 Å². The van der Waals surface area contributed by atoms with E-state index in [2.05, 4.69) is 10.6 Å². The number of rotatable bonds is 5. The molecule has 0 spiro atoms. The Morgan fingerprint density at radius 3 is 2.15 bits per heavy atom. The van der Waals surface area contributed by atoms with E-state index in [0.717, 1.165) is 24.3 Å². The van der Waals surface area contributed by atoms with E-state index in [1.807, 2.05) is 0 Å². The molecule has 0 radical (unpaired) electrons. The number of thiocarbonyl (C=S) groups is 1. The summed E-state index contributed by atoms with van der Waals surface area (Å²) < 4.78 is 45.0. The topological polar surface area (TPSA) is 140 Å². The summed E-state index contributed by atoms with van der Waals surface area (Å²) in [5.41, 5.74) is -2.40. The van der Waals surface area contributed by atoms with Gasteiger partial charge in [-0.15, -0.1) is 0 Å². The van der Waals surface area contributed by atoms with Crippen LogP contribution in [0.25, 0.3) is 0 Å². The minimum absolute atomic E-state index is 0.0351. The molecule has 0 aromatic heterocycles. The zero-order valence-electron chi connectivity index (χ0n) is 17.1. The van der Waals surface area contributed by atoms with Gasteiger partial charge in [0.1, 0.15) is 0 Å². The normalized spacial score (nSPS) is 13.8. The van der Waals surface area contributed by atoms with Crippen LogP contribution < -0.4 is 15.5 Å². The van der Waals surface area contributed by atoms with Crippen LogP contribution in [0.15, 0.2) is 36.4 Å². The molecule has 15 heteroatoms. The van der Waals surface area contributed by atoms with Gasteiger partial charge in [0.2, 0.25) is 0 Å². The molecule has 1 fully saturated rings. The van der Waals surface area contributed by atoms with Crippen molar-refractivity contribution in [2.45, 2.75) is 6.18 Å². The van der Waals surface area contributed by atoms with Crippen LogP contribution >= 0.6 is 12.2 Å². The minimum Gasteiger partial charge on any atom is -0.378 e. The van der Waals surface area contributed by atoms with Gasteiger partial charge < -0.3 is 15.0 Å². The Bertz CT molecular complexity index is 1120. The van der Waals surface area contributed by atoms with Crippen molar-refractivity contribution in [1.29, 1.82) is 0 Å². The number of hydrogen-bond donors (Lipinski definition) is 2. The Hall–Kier alpha value is -3.85. The highest BCUT2D eigenvalue weighted by Gasteiger charge is 2.32. The number of anilines is 2. The zero-order chi connectivity index (χ0) is 25.0. The highest BCUT2D eigenvalue weighted by molar-refractivity contribution is 7.80. The molecule has 3 rings (SSSR count). The molecule has 0 saturated carbocycles. The molecule has 0 atom stereocenters. The first-order valence-electron chi connectivity index (χ1n) is 9.56. The summed E-state index contributed by atoms with van der Waals surface area (Å²) in [4.78, 5) is 34.5. The number of halogens is 3. The lowest BCUT2D eigenvalue weighted by atomic mass is 10.1. The SMILES string of the molecule is O=C(NC(=S)Nc1cc(C(F)(F)F)ccc1N1CCOCC1)c1cc([N+](=O)[O-])cc([N+](=O)[O-])c1. The summed E-state index contributed by atoms with van der Waals surface area (Å²) in [6, 6.07) is 5.33. The molecule has 2 aromatic carbocycles. The molecule has 34 heavy (non-hydrogen) atoms. The van der Waals surface area contributed by atoms with Crippen LogP contribution in [0.3, 0.4) is 0 Å². The number of non-ortho nitro benzene ring substituents is 2. The predicted molar refractivity (Wildman–Crippen MR) is 118 cm³/mol. The van der Waals surface area contributed by atoms with E-state index in [4.69, 9.17) is 17.0 Å². The molecular weight excluding hydrogens is 483 g/mol. The third-order valence-corrected chi connectivity index (χ3v) is 4.94. The maximum absolute atomic E-state index is 13.2. The number of nitrogens with zero attached hydrogens (tertiary/aromatic N) is 3. The third-order valence-electron chi connectivity index (χ3n) is 4.74. The molecule has 1 aliphatic rings. The number of amides is 1. The molecule has 1 aliphatic heterocycles. The Morgan fingerprint density at radius 2 is 1.62 bits per heavy atom. The van der Waals surface area contributed by atoms with E-state index in [0.29, 0.717) is 38.1 Å². The Kier molecular flexibility index (Phi) is 7.26. The number of nitro benzene ring substituents is 2. The highest BCUT2D eigenvalue weighted by atomic mass is 32.1. The number of carbonyl (C=O) groups excluding carboxylic acids is 1. The number of hydrogen-bond acceptors (Lipinski definition) is 8. The minimum atomic E-state index is -4.63. The molecule has 1 heterocycles. The van der Waals surface area contributed by atoms with Crippen LogP contribution in [0.1, 0.15) is 15.9 Å². The quantitative estimate of drug-likeness (QED) is 0.359. The van der Waals surface area contributed by atoms with E-state index in [1.54, 1.807) is 4.90 Å². The summed E-state index contributed by atoms with van der Waals surface area (Å²) in [7, 11) is 0. The van der Waals surface area contributed by atoms with Gasteiger partial charge >= 0.3 is 6.18 Å². The van der Waals surface area contributed by atoms with Crippen molar-refractivity contribution < 1.29 is 32.5 Å². The van der Waals surface area contributed by atoms with Gasteiger partial charge in [0.15, 0.2) is 5.11 Å². The number of nitro groups is 2. The summed E-state index contributed by atoms with van der Waals surface area (Å²) in [5, 5.41) is 26.4. The fourth-order valence-corrected chi connectivity index (χ4v) is 3.36. The van der Waals surface area contributed by atoms with Crippen molar-refractivity contribution in [3.63, 3.8) is 0 Å². The van der Waals surface area contributed by atoms with Crippen molar-refractivity contribution >= 4 is 46.0 Å². The largest absolute Gasteiger partial charge is 0.416 e. The van der Waals surface area contributed by atoms with Crippen molar-refractivity contribution in [2.24, 2.45) is 0 Å². The Labute approximate surface area is 194 Å². The summed E-state index contributed by atoms with van der Waals surface area (Å²) in [6.07, 6.45) is -4.63. The number of nitrogens with one attached hydrogen (secondary N) is 2. The molecule has 2 aromatic rings. The Morgan fingerprint density at radius 1 is 1.03 bits per heavy atom. The molecule has 11 nitrogen and oxygen atoms in total. The first-order valence-corrected chi connectivity index (χ1v) is 9.96. The van der Waals surface area contributed by atoms with Gasteiger partial charge in [-0.05, 0) is 30.4 Å². The van der Waals surface area contributed by atoms with Gasteiger partial charge in [-0.3, -0.25) is 30.3 Å². The smallest absolute Gasteiger partial charge is 0.378 e. The fraction of sp³-hybridized carbons (Fsp3) is 0.263. The molecule has 0 aliphatic carbocycles. The van der Waals surface area contributed by atoms with Gasteiger partial charge in [0.05, 0.1) is 51.6 Å². The molecular formula is C19H16F3N5O6S. The maximum Gasteiger partial charge on any atom is 0.416 e. The van der Waals surface area contributed by atoms with Crippen molar-refractivity contribution in [3.8, 4) is 0 Å². The van der Waals surface area contributed by atoms with Crippen molar-refractivity contribution in [2.75, 3.05) is 36.5 Å². The van der Waals surface area contributed by atoms with Crippen LogP contribution in [0.5, 0.6) is 0 Å². The van der Waals surface area contributed by atoms with Gasteiger partial charge in [-0.2, -0.15) is 13.2 Å². The monoisotopic (exact) mass is 499 g/mol. The van der Waals surface area contributed by atoms with E-state index in [9.17, 15) is 38.2 Å². The first-order chi connectivity index (χ1) is 16.0. The first kappa shape index (κ1) is 24.8. The van der Waals surface area contributed by atoms with Crippen molar-refractivity contribution in [3.05, 3.63) is 67.8 Å². The van der Waals surface area contributed by atoms with Crippen LogP contribution in [-0.4, -0.2) is 47.2 Å². The molecule has 0 unspecified atom stereocenters. The number of morpholine rings is 1. The molecule has 2 N–H and O–H groups in total. The van der Waals surface area contributed by atoms with E-state index >= 15 is 0 Å². The standard InChI is InChI=1S/C19H16F3N5O6S/c20-19(21,22)12-1-2-16(25-3-5-33-6-4-25)15(9-12)23-18(34)24-17(28)11-7-13(26(29)30)10-14(8-11)27(31)32/h1-2,7-10H,3-6H2,(H2,23,24,28,34). The average molecular weight is 499 g/mol. The maximum atomic E-state index is 13.2. The van der Waals surface area contributed by atoms with Crippen molar-refractivity contribution in [1.82, 2.24) is 5.32 Å². The second-order valence-electron chi connectivity index (χ2n) is 6.99. The second kappa shape index (κ2) is 9.96. The zero-order valence-corrected chi connectivity index (χ0v) is 17.9. The molecule has 1 amide bonds.